The van der Waals surface area contributed by atoms with Crippen LogP contribution in [0.4, 0.5) is 0 Å². The smallest absolute Gasteiger partial charge is 0.149 e. The van der Waals surface area contributed by atoms with Crippen LogP contribution in [0.5, 0.6) is 0 Å². The molecule has 7 heteroatoms. The van der Waals surface area contributed by atoms with Gasteiger partial charge in [-0.1, -0.05) is 6.07 Å². The maximum absolute atomic E-state index is 4.81. The van der Waals surface area contributed by atoms with Gasteiger partial charge in [0.1, 0.15) is 12.4 Å². The average Bonchev–Trinajstić information content (AvgIpc) is 3.30. The standard InChI is InChI=1S/C21H22N6S/c1-15(16-3-4-20-19(11-16)24-14-28-20)26-9-5-17-12-27(25-18(17)6-10-26)13-21-22-7-2-8-23-21/h2-4,7-8,11-12,14-15H,5-6,9-10,13H2,1H3. The molecule has 4 aromatic rings. The zero-order chi connectivity index (χ0) is 18.9. The van der Waals surface area contributed by atoms with Crippen LogP contribution in [0.3, 0.4) is 0 Å². The van der Waals surface area contributed by atoms with Gasteiger partial charge in [-0.2, -0.15) is 5.10 Å². The summed E-state index contributed by atoms with van der Waals surface area (Å²) in [5.74, 6) is 0.799. The Morgan fingerprint density at radius 3 is 2.86 bits per heavy atom. The summed E-state index contributed by atoms with van der Waals surface area (Å²) in [6.45, 7) is 4.98. The quantitative estimate of drug-likeness (QED) is 0.534. The Morgan fingerprint density at radius 1 is 1.11 bits per heavy atom. The van der Waals surface area contributed by atoms with E-state index in [2.05, 4.69) is 51.2 Å². The van der Waals surface area contributed by atoms with E-state index >= 15 is 0 Å². The second-order valence-corrected chi connectivity index (χ2v) is 8.14. The molecule has 4 heterocycles. The van der Waals surface area contributed by atoms with E-state index in [0.29, 0.717) is 12.6 Å². The van der Waals surface area contributed by atoms with Crippen molar-refractivity contribution in [3.8, 4) is 0 Å². The van der Waals surface area contributed by atoms with E-state index in [4.69, 9.17) is 5.10 Å². The number of rotatable bonds is 4. The Labute approximate surface area is 167 Å². The van der Waals surface area contributed by atoms with Gasteiger partial charge in [0.05, 0.1) is 21.4 Å². The van der Waals surface area contributed by atoms with E-state index in [1.54, 1.807) is 23.7 Å². The van der Waals surface area contributed by atoms with Crippen LogP contribution >= 0.6 is 11.3 Å². The van der Waals surface area contributed by atoms with Gasteiger partial charge in [0, 0.05) is 44.1 Å². The zero-order valence-corrected chi connectivity index (χ0v) is 16.6. The molecule has 1 aliphatic rings. The number of hydrogen-bond acceptors (Lipinski definition) is 6. The fraction of sp³-hybridized carbons (Fsp3) is 0.333. The Hall–Kier alpha value is -2.64. The van der Waals surface area contributed by atoms with Crippen molar-refractivity contribution >= 4 is 21.6 Å². The molecule has 142 valence electrons. The van der Waals surface area contributed by atoms with Gasteiger partial charge in [-0.3, -0.25) is 9.58 Å². The second kappa shape index (κ2) is 7.41. The molecule has 0 radical (unpaired) electrons. The summed E-state index contributed by atoms with van der Waals surface area (Å²) < 4.78 is 3.23. The summed E-state index contributed by atoms with van der Waals surface area (Å²) in [7, 11) is 0. The molecule has 6 nitrogen and oxygen atoms in total. The van der Waals surface area contributed by atoms with Crippen LogP contribution in [0.15, 0.2) is 48.4 Å². The molecule has 28 heavy (non-hydrogen) atoms. The molecule has 0 N–H and O–H groups in total. The zero-order valence-electron chi connectivity index (χ0n) is 15.8. The summed E-state index contributed by atoms with van der Waals surface area (Å²) >= 11 is 1.70. The highest BCUT2D eigenvalue weighted by atomic mass is 32.1. The number of thiazole rings is 1. The van der Waals surface area contributed by atoms with Crippen molar-refractivity contribution in [1.82, 2.24) is 29.6 Å². The minimum absolute atomic E-state index is 0.375. The number of fused-ring (bicyclic) bond motifs is 2. The van der Waals surface area contributed by atoms with Gasteiger partial charge in [-0.05, 0) is 42.7 Å². The molecule has 3 aromatic heterocycles. The Morgan fingerprint density at radius 2 is 1.96 bits per heavy atom. The highest BCUT2D eigenvalue weighted by Gasteiger charge is 2.22. The molecule has 1 aromatic carbocycles. The third-order valence-electron chi connectivity index (χ3n) is 5.54. The third-order valence-corrected chi connectivity index (χ3v) is 6.35. The highest BCUT2D eigenvalue weighted by Crippen LogP contribution is 2.27. The van der Waals surface area contributed by atoms with Crippen molar-refractivity contribution in [2.45, 2.75) is 32.4 Å². The number of hydrogen-bond donors (Lipinski definition) is 0. The summed E-state index contributed by atoms with van der Waals surface area (Å²) in [5.41, 5.74) is 6.92. The van der Waals surface area contributed by atoms with Gasteiger partial charge >= 0.3 is 0 Å². The summed E-state index contributed by atoms with van der Waals surface area (Å²) in [5, 5.41) is 4.81. The van der Waals surface area contributed by atoms with Gasteiger partial charge in [-0.15, -0.1) is 11.3 Å². The Kier molecular flexibility index (Phi) is 4.62. The summed E-state index contributed by atoms with van der Waals surface area (Å²) in [6, 6.07) is 8.89. The van der Waals surface area contributed by atoms with Crippen LogP contribution in [0.1, 0.15) is 35.6 Å². The van der Waals surface area contributed by atoms with Crippen LogP contribution in [0, 0.1) is 0 Å². The van der Waals surface area contributed by atoms with Crippen LogP contribution in [-0.4, -0.2) is 42.7 Å². The Bertz CT molecular complexity index is 1060. The molecule has 1 unspecified atom stereocenters. The first-order valence-electron chi connectivity index (χ1n) is 9.64. The second-order valence-electron chi connectivity index (χ2n) is 7.26. The van der Waals surface area contributed by atoms with Gasteiger partial charge in [-0.25, -0.2) is 15.0 Å². The fourth-order valence-corrected chi connectivity index (χ4v) is 4.58. The molecule has 0 amide bonds. The summed E-state index contributed by atoms with van der Waals surface area (Å²) in [4.78, 5) is 15.6. The van der Waals surface area contributed by atoms with Crippen LogP contribution in [0.2, 0.25) is 0 Å². The number of benzene rings is 1. The molecule has 0 saturated heterocycles. The highest BCUT2D eigenvalue weighted by molar-refractivity contribution is 7.16. The van der Waals surface area contributed by atoms with E-state index in [-0.39, 0.29) is 0 Å². The van der Waals surface area contributed by atoms with Gasteiger partial charge in [0.2, 0.25) is 0 Å². The molecular weight excluding hydrogens is 368 g/mol. The van der Waals surface area contributed by atoms with Crippen LogP contribution in [-0.2, 0) is 19.4 Å². The number of aromatic nitrogens is 5. The van der Waals surface area contributed by atoms with Crippen molar-refractivity contribution in [3.63, 3.8) is 0 Å². The van der Waals surface area contributed by atoms with Crippen molar-refractivity contribution in [3.05, 3.63) is 71.0 Å². The molecule has 0 aliphatic carbocycles. The lowest BCUT2D eigenvalue weighted by molar-refractivity contribution is 0.220. The Balaban J connectivity index is 1.29. The first kappa shape index (κ1) is 17.5. The largest absolute Gasteiger partial charge is 0.296 e. The topological polar surface area (TPSA) is 59.7 Å². The minimum atomic E-state index is 0.375. The van der Waals surface area contributed by atoms with Gasteiger partial charge in [0.15, 0.2) is 0 Å². The molecule has 0 saturated carbocycles. The first-order valence-corrected chi connectivity index (χ1v) is 10.5. The van der Waals surface area contributed by atoms with E-state index in [0.717, 1.165) is 37.3 Å². The third kappa shape index (κ3) is 3.43. The van der Waals surface area contributed by atoms with Crippen molar-refractivity contribution in [2.24, 2.45) is 0 Å². The van der Waals surface area contributed by atoms with Crippen LogP contribution < -0.4 is 0 Å². The monoisotopic (exact) mass is 390 g/mol. The molecule has 5 rings (SSSR count). The van der Waals surface area contributed by atoms with E-state index in [1.807, 2.05) is 16.3 Å². The average molecular weight is 391 g/mol. The van der Waals surface area contributed by atoms with Crippen LogP contribution in [0.25, 0.3) is 10.2 Å². The normalized spacial score (nSPS) is 16.0. The lowest BCUT2D eigenvalue weighted by Crippen LogP contribution is -2.29. The minimum Gasteiger partial charge on any atom is -0.296 e. The predicted molar refractivity (Wildman–Crippen MR) is 110 cm³/mol. The van der Waals surface area contributed by atoms with Crippen molar-refractivity contribution in [1.29, 1.82) is 0 Å². The molecule has 1 aliphatic heterocycles. The SMILES string of the molecule is CC(c1ccc2scnc2c1)N1CCc2cn(Cc3ncccn3)nc2CC1. The molecule has 0 fully saturated rings. The molecule has 0 bridgehead atoms. The van der Waals surface area contributed by atoms with Crippen molar-refractivity contribution < 1.29 is 0 Å². The molecular formula is C21H22N6S. The van der Waals surface area contributed by atoms with E-state index in [9.17, 15) is 0 Å². The fourth-order valence-electron chi connectivity index (χ4n) is 3.92. The first-order chi connectivity index (χ1) is 13.8. The summed E-state index contributed by atoms with van der Waals surface area (Å²) in [6.07, 6.45) is 7.72. The number of nitrogens with zero attached hydrogens (tertiary/aromatic N) is 6. The molecule has 1 atom stereocenters. The van der Waals surface area contributed by atoms with Gasteiger partial charge < -0.3 is 0 Å². The van der Waals surface area contributed by atoms with E-state index in [1.165, 1.54) is 21.5 Å². The lowest BCUT2D eigenvalue weighted by Gasteiger charge is -2.28. The predicted octanol–water partition coefficient (Wildman–Crippen LogP) is 3.49. The van der Waals surface area contributed by atoms with Gasteiger partial charge in [0.25, 0.3) is 0 Å². The van der Waals surface area contributed by atoms with E-state index < -0.39 is 0 Å². The lowest BCUT2D eigenvalue weighted by atomic mass is 10.1. The maximum atomic E-state index is 4.81. The molecule has 0 spiro atoms. The maximum Gasteiger partial charge on any atom is 0.149 e. The van der Waals surface area contributed by atoms with Crippen molar-refractivity contribution in [2.75, 3.05) is 13.1 Å².